The van der Waals surface area contributed by atoms with Gasteiger partial charge in [-0.15, -0.1) is 6.58 Å². The third kappa shape index (κ3) is 5.64. The van der Waals surface area contributed by atoms with Gasteiger partial charge in [0.2, 0.25) is 0 Å². The first-order chi connectivity index (χ1) is 10.6. The van der Waals surface area contributed by atoms with Gasteiger partial charge in [0.15, 0.2) is 0 Å². The Morgan fingerprint density at radius 1 is 1.09 bits per heavy atom. The van der Waals surface area contributed by atoms with Gasteiger partial charge in [-0.3, -0.25) is 0 Å². The number of nitrogens with one attached hydrogen (secondary N) is 1. The van der Waals surface area contributed by atoms with E-state index in [-0.39, 0.29) is 0 Å². The second kappa shape index (κ2) is 9.15. The van der Waals surface area contributed by atoms with Crippen LogP contribution in [0.25, 0.3) is 5.69 Å². The highest BCUT2D eigenvalue weighted by Gasteiger charge is 2.04. The van der Waals surface area contributed by atoms with E-state index < -0.39 is 11.9 Å². The molecule has 2 rings (SSSR count). The van der Waals surface area contributed by atoms with Crippen LogP contribution < -0.4 is 5.32 Å². The maximum absolute atomic E-state index is 9.10. The van der Waals surface area contributed by atoms with Crippen molar-refractivity contribution in [2.24, 2.45) is 0 Å². The lowest BCUT2D eigenvalue weighted by molar-refractivity contribution is -0.159. The highest BCUT2D eigenvalue weighted by molar-refractivity contribution is 6.27. The number of aliphatic carboxylic acids is 2. The summed E-state index contributed by atoms with van der Waals surface area (Å²) in [4.78, 5) is 18.2. The molecule has 22 heavy (non-hydrogen) atoms. The molecule has 6 nitrogen and oxygen atoms in total. The summed E-state index contributed by atoms with van der Waals surface area (Å²) < 4.78 is 2.19. The van der Waals surface area contributed by atoms with Crippen LogP contribution in [-0.2, 0) is 16.1 Å². The first-order valence-corrected chi connectivity index (χ1v) is 6.55. The van der Waals surface area contributed by atoms with Gasteiger partial charge < -0.3 is 20.1 Å². The number of aromatic nitrogens is 1. The Hall–Kier alpha value is -2.86. The largest absolute Gasteiger partial charge is 0.473 e. The van der Waals surface area contributed by atoms with Crippen LogP contribution in [0.4, 0.5) is 0 Å². The normalized spacial score (nSPS) is 9.45. The molecule has 1 aromatic heterocycles. The third-order valence-corrected chi connectivity index (χ3v) is 2.65. The molecule has 0 saturated carbocycles. The number of hydrogen-bond acceptors (Lipinski definition) is 3. The van der Waals surface area contributed by atoms with Crippen LogP contribution in [-0.4, -0.2) is 33.3 Å². The monoisotopic (exact) mass is 302 g/mol. The number of carboxylic acids is 2. The Morgan fingerprint density at radius 2 is 1.73 bits per heavy atom. The van der Waals surface area contributed by atoms with Gasteiger partial charge >= 0.3 is 11.9 Å². The van der Waals surface area contributed by atoms with Gasteiger partial charge in [-0.1, -0.05) is 24.3 Å². The number of carboxylic acid groups (broad SMARTS) is 2. The van der Waals surface area contributed by atoms with E-state index in [9.17, 15) is 0 Å². The van der Waals surface area contributed by atoms with E-state index in [0.717, 1.165) is 13.1 Å². The van der Waals surface area contributed by atoms with Crippen LogP contribution in [0.2, 0.25) is 0 Å². The molecule has 0 amide bonds. The van der Waals surface area contributed by atoms with Crippen molar-refractivity contribution in [2.75, 3.05) is 6.54 Å². The van der Waals surface area contributed by atoms with Crippen molar-refractivity contribution in [2.45, 2.75) is 6.54 Å². The minimum absolute atomic E-state index is 0.833. The van der Waals surface area contributed by atoms with Crippen LogP contribution in [0.5, 0.6) is 0 Å². The Morgan fingerprint density at radius 3 is 2.27 bits per heavy atom. The second-order valence-corrected chi connectivity index (χ2v) is 4.23. The lowest BCUT2D eigenvalue weighted by Crippen LogP contribution is -2.15. The second-order valence-electron chi connectivity index (χ2n) is 4.23. The van der Waals surface area contributed by atoms with E-state index in [2.05, 4.69) is 59.1 Å². The Balaban J connectivity index is 0.000000346. The molecule has 0 aliphatic carbocycles. The van der Waals surface area contributed by atoms with Gasteiger partial charge in [0, 0.05) is 30.7 Å². The van der Waals surface area contributed by atoms with Crippen molar-refractivity contribution in [1.82, 2.24) is 9.88 Å². The molecule has 0 atom stereocenters. The average molecular weight is 302 g/mol. The molecule has 1 aromatic carbocycles. The number of rotatable bonds is 5. The quantitative estimate of drug-likeness (QED) is 0.446. The average Bonchev–Trinajstić information content (AvgIpc) is 2.97. The number of benzene rings is 1. The zero-order valence-electron chi connectivity index (χ0n) is 12.0. The van der Waals surface area contributed by atoms with Crippen molar-refractivity contribution in [3.8, 4) is 5.69 Å². The van der Waals surface area contributed by atoms with Crippen molar-refractivity contribution in [3.05, 3.63) is 67.0 Å². The fourth-order valence-corrected chi connectivity index (χ4v) is 1.70. The highest BCUT2D eigenvalue weighted by Crippen LogP contribution is 2.11. The minimum Gasteiger partial charge on any atom is -0.473 e. The summed E-state index contributed by atoms with van der Waals surface area (Å²) in [6.07, 6.45) is 3.95. The van der Waals surface area contributed by atoms with Gasteiger partial charge in [-0.05, 0) is 24.3 Å². The van der Waals surface area contributed by atoms with Crippen molar-refractivity contribution >= 4 is 11.9 Å². The van der Waals surface area contributed by atoms with Crippen LogP contribution >= 0.6 is 0 Å². The lowest BCUT2D eigenvalue weighted by Gasteiger charge is -2.09. The van der Waals surface area contributed by atoms with E-state index in [1.165, 1.54) is 11.4 Å². The topological polar surface area (TPSA) is 91.6 Å². The zero-order valence-corrected chi connectivity index (χ0v) is 12.0. The molecule has 6 heteroatoms. The van der Waals surface area contributed by atoms with E-state index in [1.807, 2.05) is 12.1 Å². The van der Waals surface area contributed by atoms with E-state index >= 15 is 0 Å². The molecular weight excluding hydrogens is 284 g/mol. The van der Waals surface area contributed by atoms with Crippen LogP contribution in [0, 0.1) is 0 Å². The van der Waals surface area contributed by atoms with Crippen molar-refractivity contribution in [3.63, 3.8) is 0 Å². The van der Waals surface area contributed by atoms with Gasteiger partial charge in [-0.2, -0.15) is 0 Å². The first kappa shape index (κ1) is 17.2. The molecular formula is C16H18N2O4. The van der Waals surface area contributed by atoms with E-state index in [0.29, 0.717) is 0 Å². The molecule has 2 aromatic rings. The smallest absolute Gasteiger partial charge is 0.414 e. The number of hydrogen-bond donors (Lipinski definition) is 3. The Bertz CT molecular complexity index is 608. The summed E-state index contributed by atoms with van der Waals surface area (Å²) in [5.41, 5.74) is 2.45. The lowest BCUT2D eigenvalue weighted by atomic mass is 10.3. The molecule has 0 bridgehead atoms. The summed E-state index contributed by atoms with van der Waals surface area (Å²) >= 11 is 0. The van der Waals surface area contributed by atoms with Crippen molar-refractivity contribution in [1.29, 1.82) is 0 Å². The maximum Gasteiger partial charge on any atom is 0.414 e. The molecule has 0 radical (unpaired) electrons. The predicted octanol–water partition coefficient (Wildman–Crippen LogP) is 1.91. The van der Waals surface area contributed by atoms with Gasteiger partial charge in [0.25, 0.3) is 0 Å². The predicted molar refractivity (Wildman–Crippen MR) is 82.9 cm³/mol. The summed E-state index contributed by atoms with van der Waals surface area (Å²) in [5.74, 6) is -3.65. The fraction of sp³-hybridized carbons (Fsp3) is 0.125. The van der Waals surface area contributed by atoms with E-state index in [1.54, 1.807) is 0 Å². The molecule has 0 fully saturated rings. The Kier molecular flexibility index (Phi) is 7.15. The summed E-state index contributed by atoms with van der Waals surface area (Å²) in [6, 6.07) is 14.5. The van der Waals surface area contributed by atoms with Crippen LogP contribution in [0.15, 0.2) is 61.3 Å². The van der Waals surface area contributed by atoms with Gasteiger partial charge in [0.1, 0.15) is 0 Å². The first-order valence-electron chi connectivity index (χ1n) is 6.55. The summed E-state index contributed by atoms with van der Waals surface area (Å²) in [5, 5.41) is 18.1. The molecule has 0 unspecified atom stereocenters. The molecule has 1 heterocycles. The van der Waals surface area contributed by atoms with E-state index in [4.69, 9.17) is 19.8 Å². The molecule has 3 N–H and O–H groups in total. The number of nitrogens with zero attached hydrogens (tertiary/aromatic N) is 1. The molecule has 0 spiro atoms. The summed E-state index contributed by atoms with van der Waals surface area (Å²) in [7, 11) is 0. The number of carbonyl (C=O) groups is 2. The molecule has 0 aliphatic rings. The molecule has 116 valence electrons. The van der Waals surface area contributed by atoms with Gasteiger partial charge in [-0.25, -0.2) is 9.59 Å². The zero-order chi connectivity index (χ0) is 16.4. The Labute approximate surface area is 128 Å². The SMILES string of the molecule is C=CCNCc1cccn1-c1ccccc1.O=C(O)C(=O)O. The molecule has 0 saturated heterocycles. The maximum atomic E-state index is 9.10. The fourth-order valence-electron chi connectivity index (χ4n) is 1.70. The minimum atomic E-state index is -1.82. The van der Waals surface area contributed by atoms with Crippen LogP contribution in [0.3, 0.4) is 0 Å². The third-order valence-electron chi connectivity index (χ3n) is 2.65. The van der Waals surface area contributed by atoms with Gasteiger partial charge in [0.05, 0.1) is 0 Å². The molecule has 0 aliphatic heterocycles. The summed E-state index contributed by atoms with van der Waals surface area (Å²) in [6.45, 7) is 5.38. The number of para-hydroxylation sites is 1. The highest BCUT2D eigenvalue weighted by atomic mass is 16.4. The van der Waals surface area contributed by atoms with Crippen molar-refractivity contribution < 1.29 is 19.8 Å². The standard InChI is InChI=1S/C14H16N2.C2H2O4/c1-2-10-15-12-14-9-6-11-16(14)13-7-4-3-5-8-13;3-1(4)2(5)6/h2-9,11,15H,1,10,12H2;(H,3,4)(H,5,6). The van der Waals surface area contributed by atoms with Crippen LogP contribution in [0.1, 0.15) is 5.69 Å².